The molecule has 0 heterocycles. The van der Waals surface area contributed by atoms with Gasteiger partial charge in [-0.1, -0.05) is 51.5 Å². The molecule has 1 aliphatic carbocycles. The average molecular weight is 280 g/mol. The van der Waals surface area contributed by atoms with Crippen molar-refractivity contribution in [1.82, 2.24) is 5.32 Å². The molecule has 1 fully saturated rings. The Balaban J connectivity index is 1.80. The van der Waals surface area contributed by atoms with Crippen LogP contribution in [0.2, 0.25) is 0 Å². The number of rotatable bonds is 4. The molecule has 2 unspecified atom stereocenters. The molecule has 19 heavy (non-hydrogen) atoms. The van der Waals surface area contributed by atoms with Gasteiger partial charge in [-0.3, -0.25) is 0 Å². The maximum Gasteiger partial charge on any atom is 0.0376 e. The molecule has 0 radical (unpaired) electrons. The van der Waals surface area contributed by atoms with E-state index in [1.54, 1.807) is 0 Å². The molecule has 1 N–H and O–H groups in total. The summed E-state index contributed by atoms with van der Waals surface area (Å²) >= 11 is 6.29. The molecule has 1 aliphatic rings. The monoisotopic (exact) mass is 279 g/mol. The summed E-state index contributed by atoms with van der Waals surface area (Å²) in [7, 11) is 0. The highest BCUT2D eigenvalue weighted by Gasteiger charge is 2.24. The lowest BCUT2D eigenvalue weighted by Crippen LogP contribution is -2.25. The van der Waals surface area contributed by atoms with E-state index in [-0.39, 0.29) is 5.41 Å². The predicted molar refractivity (Wildman–Crippen MR) is 83.8 cm³/mol. The fraction of sp³-hybridized carbons (Fsp3) is 0.647. The molecule has 1 nitrogen and oxygen atoms in total. The van der Waals surface area contributed by atoms with Crippen molar-refractivity contribution in [3.8, 4) is 0 Å². The number of halogens is 1. The molecule has 0 aromatic heterocycles. The Morgan fingerprint density at radius 3 is 2.37 bits per heavy atom. The molecule has 0 spiro atoms. The molecule has 2 atom stereocenters. The zero-order valence-electron chi connectivity index (χ0n) is 12.4. The van der Waals surface area contributed by atoms with Gasteiger partial charge in [0.05, 0.1) is 0 Å². The Labute approximate surface area is 122 Å². The minimum absolute atomic E-state index is 0.238. The lowest BCUT2D eigenvalue weighted by molar-refractivity contribution is 0.494. The molecule has 1 aromatic rings. The van der Waals surface area contributed by atoms with E-state index in [4.69, 9.17) is 11.6 Å². The summed E-state index contributed by atoms with van der Waals surface area (Å²) < 4.78 is 0. The van der Waals surface area contributed by atoms with Crippen molar-refractivity contribution in [2.45, 2.75) is 57.4 Å². The smallest absolute Gasteiger partial charge is 0.0376 e. The predicted octanol–water partition coefficient (Wildman–Crippen LogP) is 4.48. The van der Waals surface area contributed by atoms with Crippen LogP contribution in [0.25, 0.3) is 0 Å². The van der Waals surface area contributed by atoms with E-state index in [2.05, 4.69) is 50.4 Å². The highest BCUT2D eigenvalue weighted by molar-refractivity contribution is 6.20. The van der Waals surface area contributed by atoms with Crippen molar-refractivity contribution in [1.29, 1.82) is 0 Å². The van der Waals surface area contributed by atoms with Crippen molar-refractivity contribution in [2.75, 3.05) is 6.54 Å². The zero-order chi connectivity index (χ0) is 13.9. The first kappa shape index (κ1) is 14.9. The molecule has 2 heteroatoms. The first-order chi connectivity index (χ1) is 8.97. The molecule has 0 amide bonds. The Hall–Kier alpha value is -0.530. The van der Waals surface area contributed by atoms with Gasteiger partial charge in [0.2, 0.25) is 0 Å². The van der Waals surface area contributed by atoms with E-state index in [1.165, 1.54) is 30.4 Å². The number of benzene rings is 1. The molecule has 2 rings (SSSR count). The van der Waals surface area contributed by atoms with Crippen LogP contribution in [0.15, 0.2) is 24.3 Å². The SMILES string of the molecule is CC(C)(C)c1ccc(CNCC2CCCC2Cl)cc1. The largest absolute Gasteiger partial charge is 0.312 e. The van der Waals surface area contributed by atoms with E-state index >= 15 is 0 Å². The molecular formula is C17H26ClN. The topological polar surface area (TPSA) is 12.0 Å². The maximum absolute atomic E-state index is 6.29. The van der Waals surface area contributed by atoms with Crippen LogP contribution >= 0.6 is 11.6 Å². The van der Waals surface area contributed by atoms with Gasteiger partial charge in [-0.2, -0.15) is 0 Å². The lowest BCUT2D eigenvalue weighted by atomic mass is 9.87. The Morgan fingerprint density at radius 1 is 1.16 bits per heavy atom. The van der Waals surface area contributed by atoms with E-state index in [0.29, 0.717) is 11.3 Å². The Kier molecular flexibility index (Phi) is 4.92. The van der Waals surface area contributed by atoms with Crippen LogP contribution in [0.1, 0.15) is 51.2 Å². The van der Waals surface area contributed by atoms with Gasteiger partial charge < -0.3 is 5.32 Å². The third-order valence-electron chi connectivity index (χ3n) is 4.12. The third-order valence-corrected chi connectivity index (χ3v) is 4.70. The van der Waals surface area contributed by atoms with Gasteiger partial charge in [-0.15, -0.1) is 11.6 Å². The quantitative estimate of drug-likeness (QED) is 0.801. The number of alkyl halides is 1. The molecule has 1 aromatic carbocycles. The standard InChI is InChI=1S/C17H26ClN/c1-17(2,3)15-9-7-13(8-10-15)11-19-12-14-5-4-6-16(14)18/h7-10,14,16,19H,4-6,11-12H2,1-3H3. The van der Waals surface area contributed by atoms with Crippen LogP contribution in [-0.4, -0.2) is 11.9 Å². The normalized spacial score (nSPS) is 23.8. The highest BCUT2D eigenvalue weighted by Crippen LogP contribution is 2.29. The minimum atomic E-state index is 0.238. The van der Waals surface area contributed by atoms with Crippen LogP contribution in [0.5, 0.6) is 0 Å². The van der Waals surface area contributed by atoms with Crippen LogP contribution in [-0.2, 0) is 12.0 Å². The summed E-state index contributed by atoms with van der Waals surface area (Å²) in [5, 5.41) is 3.93. The molecule has 106 valence electrons. The molecular weight excluding hydrogens is 254 g/mol. The van der Waals surface area contributed by atoms with E-state index < -0.39 is 0 Å². The van der Waals surface area contributed by atoms with E-state index in [9.17, 15) is 0 Å². The van der Waals surface area contributed by atoms with E-state index in [1.807, 2.05) is 0 Å². The first-order valence-electron chi connectivity index (χ1n) is 7.41. The molecule has 0 bridgehead atoms. The zero-order valence-corrected chi connectivity index (χ0v) is 13.1. The van der Waals surface area contributed by atoms with Crippen molar-refractivity contribution in [3.05, 3.63) is 35.4 Å². The number of nitrogens with one attached hydrogen (secondary N) is 1. The summed E-state index contributed by atoms with van der Waals surface area (Å²) in [5.74, 6) is 0.663. The van der Waals surface area contributed by atoms with Gasteiger partial charge >= 0.3 is 0 Å². The Morgan fingerprint density at radius 2 is 1.84 bits per heavy atom. The van der Waals surface area contributed by atoms with Gasteiger partial charge in [-0.05, 0) is 41.8 Å². The second-order valence-electron chi connectivity index (χ2n) is 6.78. The van der Waals surface area contributed by atoms with Crippen LogP contribution < -0.4 is 5.32 Å². The van der Waals surface area contributed by atoms with Gasteiger partial charge in [0.15, 0.2) is 0 Å². The summed E-state index contributed by atoms with van der Waals surface area (Å²) in [6.45, 7) is 8.75. The molecule has 0 saturated heterocycles. The second-order valence-corrected chi connectivity index (χ2v) is 7.35. The van der Waals surface area contributed by atoms with Gasteiger partial charge in [0.25, 0.3) is 0 Å². The van der Waals surface area contributed by atoms with Crippen molar-refractivity contribution >= 4 is 11.6 Å². The minimum Gasteiger partial charge on any atom is -0.312 e. The average Bonchev–Trinajstić information content (AvgIpc) is 2.75. The van der Waals surface area contributed by atoms with Gasteiger partial charge in [0.1, 0.15) is 0 Å². The van der Waals surface area contributed by atoms with Crippen molar-refractivity contribution in [3.63, 3.8) is 0 Å². The first-order valence-corrected chi connectivity index (χ1v) is 7.84. The van der Waals surface area contributed by atoms with Gasteiger partial charge in [0, 0.05) is 11.9 Å². The second kappa shape index (κ2) is 6.28. The lowest BCUT2D eigenvalue weighted by Gasteiger charge is -2.19. The summed E-state index contributed by atoms with van der Waals surface area (Å²) in [4.78, 5) is 0. The molecule has 1 saturated carbocycles. The number of hydrogen-bond acceptors (Lipinski definition) is 1. The van der Waals surface area contributed by atoms with Crippen molar-refractivity contribution < 1.29 is 0 Å². The molecule has 0 aliphatic heterocycles. The summed E-state index contributed by atoms with van der Waals surface area (Å²) in [6.07, 6.45) is 3.76. The van der Waals surface area contributed by atoms with Crippen LogP contribution in [0.3, 0.4) is 0 Å². The highest BCUT2D eigenvalue weighted by atomic mass is 35.5. The summed E-state index contributed by atoms with van der Waals surface area (Å²) in [5.41, 5.74) is 2.99. The van der Waals surface area contributed by atoms with Crippen molar-refractivity contribution in [2.24, 2.45) is 5.92 Å². The van der Waals surface area contributed by atoms with E-state index in [0.717, 1.165) is 13.1 Å². The fourth-order valence-electron chi connectivity index (χ4n) is 2.75. The maximum atomic E-state index is 6.29. The Bertz CT molecular complexity index is 391. The number of hydrogen-bond donors (Lipinski definition) is 1. The van der Waals surface area contributed by atoms with Crippen LogP contribution in [0, 0.1) is 5.92 Å². The van der Waals surface area contributed by atoms with Gasteiger partial charge in [-0.25, -0.2) is 0 Å². The van der Waals surface area contributed by atoms with Crippen LogP contribution in [0.4, 0.5) is 0 Å². The summed E-state index contributed by atoms with van der Waals surface area (Å²) in [6, 6.07) is 8.97. The third kappa shape index (κ3) is 4.22. The fourth-order valence-corrected chi connectivity index (χ4v) is 3.12.